The minimum Gasteiger partial charge on any atom is -0.545 e. The fourth-order valence-corrected chi connectivity index (χ4v) is 0.962. The van der Waals surface area contributed by atoms with Crippen LogP contribution >= 0.6 is 0 Å². The monoisotopic (exact) mass is 232 g/mol. The van der Waals surface area contributed by atoms with Gasteiger partial charge in [0, 0.05) is 0 Å². The van der Waals surface area contributed by atoms with E-state index in [1.54, 1.807) is 6.07 Å². The molecule has 0 aromatic heterocycles. The Kier molecular flexibility index (Phi) is 6.87. The van der Waals surface area contributed by atoms with E-state index in [1.165, 1.54) is 25.3 Å². The van der Waals surface area contributed by atoms with Crippen molar-refractivity contribution in [3.8, 4) is 11.5 Å². The van der Waals surface area contributed by atoms with Crippen molar-refractivity contribution in [3.05, 3.63) is 29.8 Å². The largest absolute Gasteiger partial charge is 1.00 e. The fourth-order valence-electron chi connectivity index (χ4n) is 0.962. The number of carbonyl (C=O) groups excluding carboxylic acids is 1. The van der Waals surface area contributed by atoms with Crippen molar-refractivity contribution in [2.75, 3.05) is 7.11 Å². The average Bonchev–Trinajstić information content (AvgIpc) is 2.16. The summed E-state index contributed by atoms with van der Waals surface area (Å²) < 4.78 is 4.85. The van der Waals surface area contributed by atoms with Gasteiger partial charge < -0.3 is 19.7 Å². The Morgan fingerprint density at radius 1 is 1.53 bits per heavy atom. The zero-order valence-electron chi connectivity index (χ0n) is 8.56. The van der Waals surface area contributed by atoms with Crippen molar-refractivity contribution in [2.24, 2.45) is 0 Å². The Labute approximate surface area is 130 Å². The number of rotatable bonds is 3. The standard InChI is InChI=1S/C10H10O4.K/c1-14-9-6-7(2-4-8(9)11)3-5-10(12)13;/h2-6,11H,1H3,(H,12,13);/q;+1/p-1. The van der Waals surface area contributed by atoms with E-state index in [2.05, 4.69) is 0 Å². The molecule has 1 N–H and O–H groups in total. The number of carbonyl (C=O) groups is 1. The van der Waals surface area contributed by atoms with Gasteiger partial charge in [0.1, 0.15) is 0 Å². The van der Waals surface area contributed by atoms with Crippen LogP contribution in [0.15, 0.2) is 24.3 Å². The van der Waals surface area contributed by atoms with E-state index in [0.29, 0.717) is 11.3 Å². The predicted molar refractivity (Wildman–Crippen MR) is 48.7 cm³/mol. The number of aromatic hydroxyl groups is 1. The van der Waals surface area contributed by atoms with Crippen LogP contribution in [0.1, 0.15) is 5.56 Å². The van der Waals surface area contributed by atoms with Gasteiger partial charge in [0.25, 0.3) is 0 Å². The summed E-state index contributed by atoms with van der Waals surface area (Å²) in [6.45, 7) is 0. The van der Waals surface area contributed by atoms with Crippen molar-refractivity contribution < 1.29 is 71.1 Å². The van der Waals surface area contributed by atoms with Crippen LogP contribution in [0.25, 0.3) is 6.08 Å². The molecule has 0 radical (unpaired) electrons. The second-order valence-electron chi connectivity index (χ2n) is 2.58. The van der Waals surface area contributed by atoms with Gasteiger partial charge in [-0.05, 0) is 23.8 Å². The third kappa shape index (κ3) is 4.81. The number of aliphatic carboxylic acids is 1. The molecule has 0 atom stereocenters. The van der Waals surface area contributed by atoms with Crippen LogP contribution in [-0.4, -0.2) is 18.2 Å². The molecule has 1 rings (SSSR count). The van der Waals surface area contributed by atoms with Crippen LogP contribution in [0.2, 0.25) is 0 Å². The Morgan fingerprint density at radius 3 is 2.73 bits per heavy atom. The van der Waals surface area contributed by atoms with Gasteiger partial charge in [-0.1, -0.05) is 12.1 Å². The number of methoxy groups -OCH3 is 1. The van der Waals surface area contributed by atoms with Crippen molar-refractivity contribution in [2.45, 2.75) is 0 Å². The van der Waals surface area contributed by atoms with Crippen molar-refractivity contribution in [1.29, 1.82) is 0 Å². The molecular formula is C10H9KO4. The van der Waals surface area contributed by atoms with E-state index in [0.717, 1.165) is 6.08 Å². The second-order valence-corrected chi connectivity index (χ2v) is 2.58. The normalized spacial score (nSPS) is 9.67. The first kappa shape index (κ1) is 14.7. The maximum absolute atomic E-state index is 10.1. The minimum absolute atomic E-state index is 0. The number of ether oxygens (including phenoxy) is 1. The third-order valence-electron chi connectivity index (χ3n) is 1.62. The van der Waals surface area contributed by atoms with Gasteiger partial charge in [0.05, 0.1) is 13.1 Å². The van der Waals surface area contributed by atoms with E-state index >= 15 is 0 Å². The molecule has 1 aromatic carbocycles. The van der Waals surface area contributed by atoms with Gasteiger partial charge in [0.2, 0.25) is 0 Å². The molecule has 4 nitrogen and oxygen atoms in total. The molecule has 74 valence electrons. The van der Waals surface area contributed by atoms with E-state index in [4.69, 9.17) is 4.74 Å². The van der Waals surface area contributed by atoms with E-state index < -0.39 is 5.97 Å². The van der Waals surface area contributed by atoms with Crippen LogP contribution in [0.3, 0.4) is 0 Å². The van der Waals surface area contributed by atoms with Crippen LogP contribution in [0, 0.1) is 0 Å². The molecule has 0 heterocycles. The van der Waals surface area contributed by atoms with E-state index in [1.807, 2.05) is 0 Å². The number of phenolic OH excluding ortho intramolecular Hbond substituents is 1. The zero-order valence-corrected chi connectivity index (χ0v) is 11.7. The number of carboxylic acid groups (broad SMARTS) is 1. The third-order valence-corrected chi connectivity index (χ3v) is 1.62. The molecule has 0 saturated heterocycles. The number of carboxylic acids is 1. The first-order valence-electron chi connectivity index (χ1n) is 3.89. The average molecular weight is 232 g/mol. The van der Waals surface area contributed by atoms with Gasteiger partial charge in [0.15, 0.2) is 11.5 Å². The number of benzene rings is 1. The van der Waals surface area contributed by atoms with Crippen LogP contribution in [-0.2, 0) is 4.79 Å². The second kappa shape index (κ2) is 7.03. The molecule has 0 aliphatic rings. The molecule has 1 aromatic rings. The van der Waals surface area contributed by atoms with Crippen molar-refractivity contribution in [1.82, 2.24) is 0 Å². The molecule has 5 heteroatoms. The maximum Gasteiger partial charge on any atom is 1.00 e. The molecule has 0 aliphatic carbocycles. The molecule has 15 heavy (non-hydrogen) atoms. The Balaban J connectivity index is 0.00000196. The van der Waals surface area contributed by atoms with Crippen molar-refractivity contribution >= 4 is 12.0 Å². The fraction of sp³-hybridized carbons (Fsp3) is 0.100. The van der Waals surface area contributed by atoms with E-state index in [9.17, 15) is 15.0 Å². The zero-order chi connectivity index (χ0) is 10.6. The first-order valence-corrected chi connectivity index (χ1v) is 3.89. The van der Waals surface area contributed by atoms with Gasteiger partial charge >= 0.3 is 51.4 Å². The summed E-state index contributed by atoms with van der Waals surface area (Å²) in [4.78, 5) is 10.1. The van der Waals surface area contributed by atoms with Crippen LogP contribution in [0.5, 0.6) is 11.5 Å². The molecule has 0 aliphatic heterocycles. The topological polar surface area (TPSA) is 69.6 Å². The van der Waals surface area contributed by atoms with Crippen LogP contribution in [0.4, 0.5) is 0 Å². The number of hydrogen-bond donors (Lipinski definition) is 1. The van der Waals surface area contributed by atoms with E-state index in [-0.39, 0.29) is 57.1 Å². The molecule has 0 unspecified atom stereocenters. The van der Waals surface area contributed by atoms with Gasteiger partial charge in [-0.25, -0.2) is 0 Å². The minimum atomic E-state index is -1.27. The Bertz CT molecular complexity index is 374. The quantitative estimate of drug-likeness (QED) is 0.450. The molecule has 0 amide bonds. The predicted octanol–water partition coefficient (Wildman–Crippen LogP) is -2.83. The van der Waals surface area contributed by atoms with Crippen LogP contribution < -0.4 is 61.2 Å². The maximum atomic E-state index is 10.1. The molecule has 0 fully saturated rings. The first-order chi connectivity index (χ1) is 6.63. The summed E-state index contributed by atoms with van der Waals surface area (Å²) in [7, 11) is 1.42. The summed E-state index contributed by atoms with van der Waals surface area (Å²) >= 11 is 0. The summed E-state index contributed by atoms with van der Waals surface area (Å²) in [5, 5.41) is 19.4. The Morgan fingerprint density at radius 2 is 2.20 bits per heavy atom. The molecule has 0 saturated carbocycles. The van der Waals surface area contributed by atoms with Gasteiger partial charge in [-0.15, -0.1) is 0 Å². The molecule has 0 spiro atoms. The summed E-state index contributed by atoms with van der Waals surface area (Å²) in [5.74, 6) is -0.958. The summed E-state index contributed by atoms with van der Waals surface area (Å²) in [6, 6.07) is 4.51. The summed E-state index contributed by atoms with van der Waals surface area (Å²) in [6.07, 6.45) is 2.27. The van der Waals surface area contributed by atoms with Crippen molar-refractivity contribution in [3.63, 3.8) is 0 Å². The SMILES string of the molecule is COc1cc(C=CC(=O)[O-])ccc1O.[K+]. The smallest absolute Gasteiger partial charge is 0.545 e. The molecule has 0 bridgehead atoms. The number of hydrogen-bond acceptors (Lipinski definition) is 4. The van der Waals surface area contributed by atoms with Gasteiger partial charge in [-0.2, -0.15) is 0 Å². The Hall–Kier alpha value is -0.334. The molecular weight excluding hydrogens is 223 g/mol. The summed E-state index contributed by atoms with van der Waals surface area (Å²) in [5.41, 5.74) is 0.615. The van der Waals surface area contributed by atoms with Gasteiger partial charge in [-0.3, -0.25) is 0 Å². The number of phenols is 1.